The number of esters is 1. The van der Waals surface area contributed by atoms with Crippen LogP contribution in [0.2, 0.25) is 0 Å². The summed E-state index contributed by atoms with van der Waals surface area (Å²) in [5.74, 6) is -1.66. The molecule has 2 fully saturated rings. The first-order valence-electron chi connectivity index (χ1n) is 14.4. The van der Waals surface area contributed by atoms with Gasteiger partial charge in [-0.15, -0.1) is 0 Å². The van der Waals surface area contributed by atoms with Crippen LogP contribution in [0.5, 0.6) is 0 Å². The Morgan fingerprint density at radius 1 is 1.02 bits per heavy atom. The van der Waals surface area contributed by atoms with Gasteiger partial charge < -0.3 is 25.1 Å². The first-order valence-corrected chi connectivity index (χ1v) is 14.4. The fourth-order valence-electron chi connectivity index (χ4n) is 6.26. The van der Waals surface area contributed by atoms with Crippen LogP contribution in [-0.2, 0) is 38.1 Å². The van der Waals surface area contributed by atoms with Crippen LogP contribution in [-0.4, -0.2) is 41.2 Å². The maximum Gasteiger partial charge on any atom is 0.416 e. The Morgan fingerprint density at radius 2 is 1.63 bits per heavy atom. The minimum atomic E-state index is -4.47. The Bertz CT molecular complexity index is 1470. The molecule has 9 heteroatoms. The highest BCUT2D eigenvalue weighted by Gasteiger charge is 2.66. The highest BCUT2D eigenvalue weighted by Crippen LogP contribution is 2.60. The first kappa shape index (κ1) is 30.9. The maximum atomic E-state index is 13.0. The van der Waals surface area contributed by atoms with E-state index in [0.717, 1.165) is 41.7 Å². The van der Waals surface area contributed by atoms with Gasteiger partial charge in [0.25, 0.3) is 0 Å². The summed E-state index contributed by atoms with van der Waals surface area (Å²) >= 11 is 0. The minimum absolute atomic E-state index is 0.0269. The van der Waals surface area contributed by atoms with Crippen molar-refractivity contribution in [1.29, 1.82) is 0 Å². The average Bonchev–Trinajstić information content (AvgIpc) is 3.88. The number of carbonyl (C=O) groups is 1. The van der Waals surface area contributed by atoms with E-state index in [-0.39, 0.29) is 30.3 Å². The lowest BCUT2D eigenvalue weighted by Gasteiger charge is -2.17. The van der Waals surface area contributed by atoms with Gasteiger partial charge in [0, 0.05) is 17.3 Å². The smallest absolute Gasteiger partial charge is 0.416 e. The molecule has 0 radical (unpaired) electrons. The van der Waals surface area contributed by atoms with Gasteiger partial charge >= 0.3 is 12.1 Å². The predicted molar refractivity (Wildman–Crippen MR) is 156 cm³/mol. The first-order chi connectivity index (χ1) is 20.4. The molecule has 0 amide bonds. The maximum absolute atomic E-state index is 13.0. The summed E-state index contributed by atoms with van der Waals surface area (Å²) in [6.45, 7) is 3.27. The van der Waals surface area contributed by atoms with Crippen LogP contribution in [0.1, 0.15) is 55.4 Å². The van der Waals surface area contributed by atoms with Gasteiger partial charge in [0.2, 0.25) is 0 Å². The van der Waals surface area contributed by atoms with Crippen molar-refractivity contribution in [2.24, 2.45) is 11.8 Å². The molecule has 0 aliphatic heterocycles. The van der Waals surface area contributed by atoms with E-state index < -0.39 is 35.3 Å². The molecule has 2 N–H and O–H groups in total. The molecular formula is C34H35F3NO5-. The number of ether oxygens (including phenoxy) is 2. The molecule has 6 nitrogen and oxygen atoms in total. The average molecular weight is 595 g/mol. The molecule has 3 aromatic carbocycles. The van der Waals surface area contributed by atoms with Gasteiger partial charge in [0.05, 0.1) is 37.9 Å². The highest BCUT2D eigenvalue weighted by molar-refractivity contribution is 5.92. The van der Waals surface area contributed by atoms with Crippen molar-refractivity contribution in [2.45, 2.75) is 63.0 Å². The van der Waals surface area contributed by atoms with Crippen LogP contribution in [0.25, 0.3) is 16.5 Å². The van der Waals surface area contributed by atoms with Gasteiger partial charge in [-0.2, -0.15) is 13.2 Å². The van der Waals surface area contributed by atoms with Crippen molar-refractivity contribution in [2.75, 3.05) is 13.2 Å². The Balaban J connectivity index is 1.23. The van der Waals surface area contributed by atoms with Crippen LogP contribution in [0.3, 0.4) is 0 Å². The third-order valence-electron chi connectivity index (χ3n) is 8.73. The number of carbonyl (C=O) groups excluding carboxylic acids is 1. The summed E-state index contributed by atoms with van der Waals surface area (Å²) in [5.41, 5.74) is 1.35. The molecular weight excluding hydrogens is 559 g/mol. The normalized spacial score (nSPS) is 23.0. The molecule has 0 aromatic heterocycles. The lowest BCUT2D eigenvalue weighted by atomic mass is 9.90. The van der Waals surface area contributed by atoms with E-state index >= 15 is 0 Å². The number of alkyl halides is 3. The van der Waals surface area contributed by atoms with E-state index in [1.807, 2.05) is 36.4 Å². The number of benzene rings is 3. The quantitative estimate of drug-likeness (QED) is 0.187. The van der Waals surface area contributed by atoms with Crippen molar-refractivity contribution < 1.29 is 37.7 Å². The topological polar surface area (TPSA) is 98.3 Å². The zero-order valence-electron chi connectivity index (χ0n) is 24.1. The summed E-state index contributed by atoms with van der Waals surface area (Å²) in [6.07, 6.45) is -3.36. The van der Waals surface area contributed by atoms with E-state index in [9.17, 15) is 33.6 Å². The highest BCUT2D eigenvalue weighted by atomic mass is 19.4. The lowest BCUT2D eigenvalue weighted by molar-refractivity contribution is -0.143. The molecule has 0 spiro atoms. The summed E-state index contributed by atoms with van der Waals surface area (Å²) in [5, 5.41) is 32.7. The number of rotatable bonds is 12. The Hall–Kier alpha value is -3.53. The Morgan fingerprint density at radius 3 is 2.16 bits per heavy atom. The Kier molecular flexibility index (Phi) is 8.53. The minimum Gasteiger partial charge on any atom is -0.811 e. The second-order valence-electron chi connectivity index (χ2n) is 11.7. The summed E-state index contributed by atoms with van der Waals surface area (Å²) in [7, 11) is 0. The second-order valence-corrected chi connectivity index (χ2v) is 11.7. The third-order valence-corrected chi connectivity index (χ3v) is 8.73. The number of halogens is 3. The Labute approximate surface area is 249 Å². The monoisotopic (exact) mass is 594 g/mol. The number of hydrogen-bond acceptors (Lipinski definition) is 5. The van der Waals surface area contributed by atoms with E-state index in [4.69, 9.17) is 9.47 Å². The molecule has 43 heavy (non-hydrogen) atoms. The van der Waals surface area contributed by atoms with Gasteiger partial charge in [-0.1, -0.05) is 67.6 Å². The lowest BCUT2D eigenvalue weighted by Crippen LogP contribution is -2.23. The standard InChI is InChI=1S/C34H35F3NO5/c1-3-43-29(40)18-32(15-16-32)25-11-7-23(8-12-25)24-9-13-26(14-10-24)33(41)30(21(2)38)31(33)28(39)20-42-19-22-5-4-6-27(17-22)34(35,36)37/h4-14,17,28,30-31,39,41H,3,15-16,18-20H2,1-2H3/q-1. The number of aliphatic hydroxyl groups excluding tert-OH is 1. The molecule has 0 bridgehead atoms. The molecule has 0 heterocycles. The van der Waals surface area contributed by atoms with Crippen molar-refractivity contribution in [3.05, 3.63) is 100 Å². The second kappa shape index (κ2) is 11.9. The van der Waals surface area contributed by atoms with Gasteiger partial charge in [0.1, 0.15) is 5.60 Å². The van der Waals surface area contributed by atoms with Gasteiger partial charge in [-0.05, 0) is 59.7 Å². The summed E-state index contributed by atoms with van der Waals surface area (Å²) in [4.78, 5) is 12.0. The molecule has 2 aliphatic carbocycles. The molecule has 2 aliphatic rings. The van der Waals surface area contributed by atoms with Crippen molar-refractivity contribution in [1.82, 2.24) is 0 Å². The molecule has 4 atom stereocenters. The zero-order chi connectivity index (χ0) is 31.0. The summed E-state index contributed by atoms with van der Waals surface area (Å²) in [6, 6.07) is 20.1. The van der Waals surface area contributed by atoms with Crippen molar-refractivity contribution >= 4 is 11.7 Å². The van der Waals surface area contributed by atoms with Crippen LogP contribution in [0, 0.1) is 11.8 Å². The van der Waals surface area contributed by atoms with Crippen LogP contribution >= 0.6 is 0 Å². The molecule has 3 aromatic rings. The largest absolute Gasteiger partial charge is 0.811 e. The van der Waals surface area contributed by atoms with Crippen LogP contribution in [0.4, 0.5) is 13.2 Å². The van der Waals surface area contributed by atoms with Gasteiger partial charge in [-0.25, -0.2) is 5.71 Å². The van der Waals surface area contributed by atoms with E-state index in [0.29, 0.717) is 24.2 Å². The predicted octanol–water partition coefficient (Wildman–Crippen LogP) is 6.40. The van der Waals surface area contributed by atoms with Crippen LogP contribution in [0.15, 0.2) is 72.8 Å². The SMILES string of the molecule is CCOC(=O)CC1(c2ccc(-c3ccc(C4(O)C(C(C)=[N-])C4C(O)COCc4cccc(C(F)(F)F)c4)cc3)cc2)CC1. The van der Waals surface area contributed by atoms with Gasteiger partial charge in [0.15, 0.2) is 0 Å². The summed E-state index contributed by atoms with van der Waals surface area (Å²) < 4.78 is 49.6. The molecule has 0 saturated heterocycles. The van der Waals surface area contributed by atoms with Crippen LogP contribution < -0.4 is 0 Å². The van der Waals surface area contributed by atoms with Gasteiger partial charge in [-0.3, -0.25) is 4.79 Å². The van der Waals surface area contributed by atoms with Crippen molar-refractivity contribution in [3.63, 3.8) is 0 Å². The number of nitrogens with zero attached hydrogens (tertiary/aromatic N) is 1. The molecule has 4 unspecified atom stereocenters. The molecule has 5 rings (SSSR count). The number of aliphatic hydroxyl groups is 2. The third kappa shape index (κ3) is 6.39. The zero-order valence-corrected chi connectivity index (χ0v) is 24.1. The van der Waals surface area contributed by atoms with Crippen molar-refractivity contribution in [3.8, 4) is 11.1 Å². The molecule has 228 valence electrons. The molecule has 2 saturated carbocycles. The fourth-order valence-corrected chi connectivity index (χ4v) is 6.26. The van der Waals surface area contributed by atoms with E-state index in [1.165, 1.54) is 19.1 Å². The number of hydrogen-bond donors (Lipinski definition) is 2. The fraction of sp³-hybridized carbons (Fsp3) is 0.412. The van der Waals surface area contributed by atoms with E-state index in [2.05, 4.69) is 0 Å². The van der Waals surface area contributed by atoms with E-state index in [1.54, 1.807) is 19.1 Å².